The summed E-state index contributed by atoms with van der Waals surface area (Å²) in [6.07, 6.45) is 0. The van der Waals surface area contributed by atoms with E-state index in [4.69, 9.17) is 0 Å². The van der Waals surface area contributed by atoms with Gasteiger partial charge in [-0.1, -0.05) is 12.1 Å². The molecular weight excluding hydrogens is 272 g/mol. The quantitative estimate of drug-likeness (QED) is 0.487. The number of aromatic amines is 1. The average molecular weight is 278 g/mol. The first kappa shape index (κ1) is 20.2. The molecule has 2 aromatic rings. The number of nitrogens with one attached hydrogen (secondary N) is 1. The third kappa shape index (κ3) is 5.36. The molecule has 0 saturated heterocycles. The zero-order valence-electron chi connectivity index (χ0n) is 7.53. The molecule has 13 heavy (non-hydrogen) atoms. The molecule has 0 fully saturated rings. The Morgan fingerprint density at radius 3 is 1.77 bits per heavy atom. The summed E-state index contributed by atoms with van der Waals surface area (Å²) in [7, 11) is 0. The molecule has 60 valence electrons. The van der Waals surface area contributed by atoms with Gasteiger partial charge in [-0.2, -0.15) is 15.4 Å². The molecule has 0 saturated carbocycles. The van der Waals surface area contributed by atoms with Gasteiger partial charge in [0.05, 0.1) is 0 Å². The van der Waals surface area contributed by atoms with E-state index >= 15 is 0 Å². The van der Waals surface area contributed by atoms with Crippen LogP contribution in [0.15, 0.2) is 24.3 Å². The van der Waals surface area contributed by atoms with Crippen molar-refractivity contribution >= 4 is 11.0 Å². The predicted molar refractivity (Wildman–Crippen MR) is 35.8 cm³/mol. The molecule has 0 bridgehead atoms. The van der Waals surface area contributed by atoms with Crippen LogP contribution in [-0.2, 0) is 0 Å². The third-order valence-electron chi connectivity index (χ3n) is 1.22. The number of aromatic nitrogens is 3. The standard InChI is InChI=1S/C6H5N3.BrH.K.Na.H2O/c1-2-4-6-5(3-1)7-9-8-6;;;;/h1-4H,(H,7,8,9);1H;;;1H2/q;;2*+1;/p-2. The molecule has 0 aliphatic rings. The minimum atomic E-state index is 0. The maximum Gasteiger partial charge on any atom is 1.00 e. The first-order valence-electron chi connectivity index (χ1n) is 2.72. The van der Waals surface area contributed by atoms with Gasteiger partial charge in [0, 0.05) is 0 Å². The molecule has 0 atom stereocenters. The number of halogens is 1. The molecule has 1 heterocycles. The van der Waals surface area contributed by atoms with Gasteiger partial charge >= 0.3 is 80.9 Å². The molecule has 4 nitrogen and oxygen atoms in total. The Morgan fingerprint density at radius 1 is 1.00 bits per heavy atom. The topological polar surface area (TPSA) is 71.6 Å². The summed E-state index contributed by atoms with van der Waals surface area (Å²) in [6.45, 7) is 0. The molecule has 1 aromatic carbocycles. The molecule has 0 radical (unpaired) electrons. The van der Waals surface area contributed by atoms with Gasteiger partial charge in [0.25, 0.3) is 0 Å². The number of H-pyrrole nitrogens is 1. The summed E-state index contributed by atoms with van der Waals surface area (Å²) in [5.41, 5.74) is 1.83. The Hall–Kier alpha value is 1.70. The van der Waals surface area contributed by atoms with Gasteiger partial charge in [-0.05, 0) is 12.1 Å². The van der Waals surface area contributed by atoms with Gasteiger partial charge in [-0.3, -0.25) is 0 Å². The summed E-state index contributed by atoms with van der Waals surface area (Å²) >= 11 is 0. The van der Waals surface area contributed by atoms with Gasteiger partial charge in [0.1, 0.15) is 11.0 Å². The monoisotopic (exact) mass is 277 g/mol. The summed E-state index contributed by atoms with van der Waals surface area (Å²) < 4.78 is 0. The van der Waals surface area contributed by atoms with Crippen molar-refractivity contribution < 1.29 is 103 Å². The minimum absolute atomic E-state index is 0. The van der Waals surface area contributed by atoms with E-state index in [1.165, 1.54) is 0 Å². The van der Waals surface area contributed by atoms with Crippen LogP contribution >= 0.6 is 0 Å². The summed E-state index contributed by atoms with van der Waals surface area (Å²) in [5.74, 6) is 0. The predicted octanol–water partition coefficient (Wildman–Crippen LogP) is -8.21. The van der Waals surface area contributed by atoms with E-state index in [1.807, 2.05) is 24.3 Å². The molecule has 0 unspecified atom stereocenters. The van der Waals surface area contributed by atoms with Crippen LogP contribution < -0.4 is 97.9 Å². The number of hydrogen-bond donors (Lipinski definition) is 1. The number of hydrogen-bond acceptors (Lipinski definition) is 3. The number of fused-ring (bicyclic) bond motifs is 1. The Labute approximate surface area is 151 Å². The van der Waals surface area contributed by atoms with Crippen molar-refractivity contribution in [1.29, 1.82) is 0 Å². The molecule has 2 N–H and O–H groups in total. The molecule has 7 heteroatoms. The van der Waals surface area contributed by atoms with Gasteiger partial charge < -0.3 is 22.5 Å². The van der Waals surface area contributed by atoms with Crippen molar-refractivity contribution in [3.05, 3.63) is 24.3 Å². The molecule has 0 aliphatic carbocycles. The molecule has 2 rings (SSSR count). The fourth-order valence-corrected chi connectivity index (χ4v) is 0.786. The van der Waals surface area contributed by atoms with Gasteiger partial charge in [0.2, 0.25) is 0 Å². The molecular formula is C6H6BrKN3NaO. The van der Waals surface area contributed by atoms with Crippen LogP contribution in [-0.4, -0.2) is 20.9 Å². The second-order valence-electron chi connectivity index (χ2n) is 1.81. The average Bonchev–Trinajstić information content (AvgIpc) is 2.33. The zero-order valence-corrected chi connectivity index (χ0v) is 14.2. The largest absolute Gasteiger partial charge is 1.00 e. The van der Waals surface area contributed by atoms with Crippen molar-refractivity contribution in [2.45, 2.75) is 0 Å². The second-order valence-corrected chi connectivity index (χ2v) is 1.81. The number of nitrogens with zero attached hydrogens (tertiary/aromatic N) is 2. The van der Waals surface area contributed by atoms with E-state index in [2.05, 4.69) is 15.4 Å². The smallest absolute Gasteiger partial charge is 1.00 e. The second kappa shape index (κ2) is 10.2. The number of rotatable bonds is 0. The summed E-state index contributed by atoms with van der Waals surface area (Å²) in [6, 6.07) is 7.70. The maximum absolute atomic E-state index is 3.88. The minimum Gasteiger partial charge on any atom is -1.00 e. The van der Waals surface area contributed by atoms with E-state index in [9.17, 15) is 0 Å². The van der Waals surface area contributed by atoms with Crippen LogP contribution in [0.5, 0.6) is 0 Å². The van der Waals surface area contributed by atoms with Crippen molar-refractivity contribution in [3.8, 4) is 0 Å². The SMILES string of the molecule is [Br-].[K+].[Na+].[OH-].c1ccc2n[nH]nc2c1. The normalized spacial score (nSPS) is 7.08. The fourth-order valence-electron chi connectivity index (χ4n) is 0.786. The summed E-state index contributed by atoms with van der Waals surface area (Å²) in [5, 5.41) is 10.3. The van der Waals surface area contributed by atoms with Crippen LogP contribution in [0.4, 0.5) is 0 Å². The van der Waals surface area contributed by atoms with Crippen LogP contribution in [0.3, 0.4) is 0 Å². The van der Waals surface area contributed by atoms with Crippen LogP contribution in [0.25, 0.3) is 11.0 Å². The molecule has 0 spiro atoms. The van der Waals surface area contributed by atoms with Crippen molar-refractivity contribution in [2.75, 3.05) is 0 Å². The van der Waals surface area contributed by atoms with E-state index in [0.717, 1.165) is 11.0 Å². The fraction of sp³-hybridized carbons (Fsp3) is 0. The Balaban J connectivity index is -0.000000250. The van der Waals surface area contributed by atoms with E-state index < -0.39 is 0 Å². The summed E-state index contributed by atoms with van der Waals surface area (Å²) in [4.78, 5) is 0. The first-order chi connectivity index (χ1) is 4.47. The Kier molecular flexibility index (Phi) is 15.8. The van der Waals surface area contributed by atoms with Crippen molar-refractivity contribution in [3.63, 3.8) is 0 Å². The van der Waals surface area contributed by atoms with E-state index in [0.29, 0.717) is 0 Å². The van der Waals surface area contributed by atoms with Gasteiger partial charge in [0.15, 0.2) is 0 Å². The number of para-hydroxylation sites is 2. The first-order valence-corrected chi connectivity index (χ1v) is 2.72. The molecule has 0 amide bonds. The maximum atomic E-state index is 3.88. The zero-order chi connectivity index (χ0) is 6.10. The Bertz CT molecular complexity index is 302. The third-order valence-corrected chi connectivity index (χ3v) is 1.22. The van der Waals surface area contributed by atoms with Crippen molar-refractivity contribution in [2.24, 2.45) is 0 Å². The molecule has 1 aromatic heterocycles. The Morgan fingerprint density at radius 2 is 1.38 bits per heavy atom. The van der Waals surface area contributed by atoms with E-state index in [-0.39, 0.29) is 103 Å². The van der Waals surface area contributed by atoms with Gasteiger partial charge in [-0.15, -0.1) is 0 Å². The van der Waals surface area contributed by atoms with Gasteiger partial charge in [-0.25, -0.2) is 0 Å². The van der Waals surface area contributed by atoms with Crippen LogP contribution in [0.2, 0.25) is 0 Å². The molecule has 0 aliphatic heterocycles. The van der Waals surface area contributed by atoms with Crippen LogP contribution in [0, 0.1) is 0 Å². The van der Waals surface area contributed by atoms with Crippen LogP contribution in [0.1, 0.15) is 0 Å². The number of benzene rings is 1. The van der Waals surface area contributed by atoms with E-state index in [1.54, 1.807) is 0 Å². The van der Waals surface area contributed by atoms with Crippen molar-refractivity contribution in [1.82, 2.24) is 15.4 Å².